The smallest absolute Gasteiger partial charge is 0.164 e. The van der Waals surface area contributed by atoms with Gasteiger partial charge in [0, 0.05) is 38.5 Å². The van der Waals surface area contributed by atoms with Crippen molar-refractivity contribution in [3.63, 3.8) is 0 Å². The summed E-state index contributed by atoms with van der Waals surface area (Å²) in [7, 11) is 0. The Hall–Kier alpha value is -6.13. The molecule has 4 nitrogen and oxygen atoms in total. The molecule has 0 spiro atoms. The molecule has 0 unspecified atom stereocenters. The van der Waals surface area contributed by atoms with Crippen LogP contribution in [0.4, 0.5) is 0 Å². The molecule has 7 aromatic carbocycles. The van der Waals surface area contributed by atoms with Crippen molar-refractivity contribution >= 4 is 43.4 Å². The molecule has 2 aromatic heterocycles. The quantitative estimate of drug-likeness (QED) is 0.173. The Bertz CT molecular complexity index is 2820. The lowest BCUT2D eigenvalue weighted by Crippen LogP contribution is -2.33. The van der Waals surface area contributed by atoms with Crippen molar-refractivity contribution in [1.82, 2.24) is 19.5 Å². The number of fused-ring (bicyclic) bond motifs is 9. The summed E-state index contributed by atoms with van der Waals surface area (Å²) in [4.78, 5) is 15.2. The van der Waals surface area contributed by atoms with Crippen molar-refractivity contribution in [3.8, 4) is 39.9 Å². The van der Waals surface area contributed by atoms with Gasteiger partial charge in [0.1, 0.15) is 0 Å². The van der Waals surface area contributed by atoms with Crippen molar-refractivity contribution in [2.75, 3.05) is 0 Å². The minimum atomic E-state index is 0.0683. The topological polar surface area (TPSA) is 43.6 Å². The Morgan fingerprint density at radius 2 is 0.906 bits per heavy atom. The zero-order valence-corrected chi connectivity index (χ0v) is 30.6. The molecule has 0 atom stereocenters. The van der Waals surface area contributed by atoms with Crippen molar-refractivity contribution in [2.45, 2.75) is 51.4 Å². The molecule has 9 aromatic rings. The zero-order chi connectivity index (χ0) is 35.9. The van der Waals surface area contributed by atoms with Crippen LogP contribution in [0.15, 0.2) is 146 Å². The maximum Gasteiger partial charge on any atom is 0.164 e. The molecule has 1 aliphatic carbocycles. The van der Waals surface area contributed by atoms with Crippen molar-refractivity contribution < 1.29 is 0 Å². The van der Waals surface area contributed by atoms with Gasteiger partial charge in [0.05, 0.1) is 11.0 Å². The summed E-state index contributed by atoms with van der Waals surface area (Å²) in [6.07, 6.45) is 2.33. The van der Waals surface area contributed by atoms with Gasteiger partial charge in [0.15, 0.2) is 17.5 Å². The van der Waals surface area contributed by atoms with Crippen LogP contribution >= 0.6 is 0 Å². The van der Waals surface area contributed by atoms with Crippen molar-refractivity contribution in [2.24, 2.45) is 0 Å². The molecule has 0 N–H and O–H groups in total. The summed E-state index contributed by atoms with van der Waals surface area (Å²) in [6, 6.07) is 52.0. The molecule has 0 aliphatic heterocycles. The molecule has 0 saturated heterocycles. The van der Waals surface area contributed by atoms with Crippen LogP contribution in [0, 0.1) is 0 Å². The zero-order valence-electron chi connectivity index (χ0n) is 30.6. The minimum absolute atomic E-state index is 0.0683. The Morgan fingerprint density at radius 3 is 1.51 bits per heavy atom. The largest absolute Gasteiger partial charge is 0.309 e. The summed E-state index contributed by atoms with van der Waals surface area (Å²) in [5.41, 5.74) is 9.48. The highest BCUT2D eigenvalue weighted by Crippen LogP contribution is 2.50. The fourth-order valence-corrected chi connectivity index (χ4v) is 8.73. The highest BCUT2D eigenvalue weighted by Gasteiger charge is 2.38. The summed E-state index contributed by atoms with van der Waals surface area (Å²) >= 11 is 0. The van der Waals surface area contributed by atoms with Crippen LogP contribution in [0.3, 0.4) is 0 Å². The van der Waals surface area contributed by atoms with E-state index in [4.69, 9.17) is 15.0 Å². The molecule has 0 fully saturated rings. The van der Waals surface area contributed by atoms with E-state index < -0.39 is 0 Å². The monoisotopic (exact) mass is 684 g/mol. The van der Waals surface area contributed by atoms with E-state index in [1.807, 2.05) is 36.4 Å². The standard InChI is InChI=1S/C49H40N4/c1-48(2)26-27-49(3,4)41-30-42-39(29-40(41)48)43-37-24-13-11-22-35(37)36-23-12-14-25-38(36)44(43)53(42)34-21-15-20-33(28-34)47-51-45(31-16-7-5-8-17-31)50-46(52-47)32-18-9-6-10-19-32/h5-25,28-30H,26-27H2,1-4H3. The highest BCUT2D eigenvalue weighted by molar-refractivity contribution is 6.32. The second kappa shape index (κ2) is 11.7. The lowest BCUT2D eigenvalue weighted by Gasteiger charge is -2.42. The normalized spacial score (nSPS) is 14.9. The number of rotatable bonds is 4. The van der Waals surface area contributed by atoms with Gasteiger partial charge in [-0.1, -0.05) is 149 Å². The van der Waals surface area contributed by atoms with Gasteiger partial charge in [0.25, 0.3) is 0 Å². The van der Waals surface area contributed by atoms with Crippen molar-refractivity contribution in [3.05, 3.63) is 157 Å². The van der Waals surface area contributed by atoms with E-state index in [9.17, 15) is 0 Å². The predicted octanol–water partition coefficient (Wildman–Crippen LogP) is 12.6. The lowest BCUT2D eigenvalue weighted by atomic mass is 9.63. The number of benzene rings is 7. The molecule has 10 rings (SSSR count). The molecule has 256 valence electrons. The van der Waals surface area contributed by atoms with Crippen LogP contribution in [0.25, 0.3) is 83.2 Å². The molecule has 53 heavy (non-hydrogen) atoms. The molecule has 0 saturated carbocycles. The maximum absolute atomic E-state index is 5.10. The summed E-state index contributed by atoms with van der Waals surface area (Å²) in [5, 5.41) is 7.68. The van der Waals surface area contributed by atoms with Gasteiger partial charge in [-0.05, 0) is 75.2 Å². The first-order valence-electron chi connectivity index (χ1n) is 18.7. The number of hydrogen-bond donors (Lipinski definition) is 0. The Kier molecular flexibility index (Phi) is 6.97. The van der Waals surface area contributed by atoms with Gasteiger partial charge >= 0.3 is 0 Å². The predicted molar refractivity (Wildman–Crippen MR) is 221 cm³/mol. The molecular weight excluding hydrogens is 645 g/mol. The molecule has 0 radical (unpaired) electrons. The van der Waals surface area contributed by atoms with E-state index in [-0.39, 0.29) is 10.8 Å². The molecule has 2 heterocycles. The van der Waals surface area contributed by atoms with Crippen LogP contribution in [0.2, 0.25) is 0 Å². The number of aromatic nitrogens is 4. The number of nitrogens with zero attached hydrogens (tertiary/aromatic N) is 4. The van der Waals surface area contributed by atoms with Crippen LogP contribution in [0.1, 0.15) is 51.7 Å². The third-order valence-electron chi connectivity index (χ3n) is 11.7. The average Bonchev–Trinajstić information content (AvgIpc) is 3.55. The first-order valence-corrected chi connectivity index (χ1v) is 18.7. The first kappa shape index (κ1) is 31.6. The van der Waals surface area contributed by atoms with Crippen LogP contribution in [-0.4, -0.2) is 19.5 Å². The van der Waals surface area contributed by atoms with Gasteiger partial charge in [-0.2, -0.15) is 0 Å². The van der Waals surface area contributed by atoms with Gasteiger partial charge in [-0.3, -0.25) is 0 Å². The molecule has 1 aliphatic rings. The fourth-order valence-electron chi connectivity index (χ4n) is 8.73. The van der Waals surface area contributed by atoms with Gasteiger partial charge in [-0.15, -0.1) is 0 Å². The maximum atomic E-state index is 5.10. The minimum Gasteiger partial charge on any atom is -0.309 e. The fraction of sp³-hybridized carbons (Fsp3) is 0.163. The molecule has 4 heteroatoms. The third kappa shape index (κ3) is 5.00. The summed E-state index contributed by atoms with van der Waals surface area (Å²) < 4.78 is 2.51. The first-order chi connectivity index (χ1) is 25.8. The molecule has 0 bridgehead atoms. The van der Waals surface area contributed by atoms with Gasteiger partial charge in [0.2, 0.25) is 0 Å². The Morgan fingerprint density at radius 1 is 0.434 bits per heavy atom. The average molecular weight is 685 g/mol. The van der Waals surface area contributed by atoms with Crippen LogP contribution in [-0.2, 0) is 10.8 Å². The Labute approximate surface area is 309 Å². The SMILES string of the molecule is CC1(C)CCC(C)(C)c2cc3c(cc21)c1c2ccccc2c2ccccc2c1n3-c1cccc(-c2nc(-c3ccccc3)nc(-c3ccccc3)n2)c1. The summed E-state index contributed by atoms with van der Waals surface area (Å²) in [6.45, 7) is 9.68. The molecule has 0 amide bonds. The lowest BCUT2D eigenvalue weighted by molar-refractivity contribution is 0.332. The third-order valence-corrected chi connectivity index (χ3v) is 11.7. The van der Waals surface area contributed by atoms with E-state index in [1.165, 1.54) is 60.9 Å². The second-order valence-electron chi connectivity index (χ2n) is 15.9. The van der Waals surface area contributed by atoms with E-state index >= 15 is 0 Å². The van der Waals surface area contributed by atoms with Crippen LogP contribution < -0.4 is 0 Å². The Balaban J connectivity index is 1.30. The second-order valence-corrected chi connectivity index (χ2v) is 15.9. The van der Waals surface area contributed by atoms with Crippen molar-refractivity contribution in [1.29, 1.82) is 0 Å². The highest BCUT2D eigenvalue weighted by atomic mass is 15.0. The van der Waals surface area contributed by atoms with Gasteiger partial charge < -0.3 is 4.57 Å². The van der Waals surface area contributed by atoms with E-state index in [0.29, 0.717) is 17.5 Å². The number of hydrogen-bond acceptors (Lipinski definition) is 3. The summed E-state index contributed by atoms with van der Waals surface area (Å²) in [5.74, 6) is 1.97. The van der Waals surface area contributed by atoms with E-state index in [1.54, 1.807) is 0 Å². The van der Waals surface area contributed by atoms with E-state index in [2.05, 4.69) is 141 Å². The van der Waals surface area contributed by atoms with Crippen LogP contribution in [0.5, 0.6) is 0 Å². The van der Waals surface area contributed by atoms with Gasteiger partial charge in [-0.25, -0.2) is 15.0 Å². The van der Waals surface area contributed by atoms with E-state index in [0.717, 1.165) is 28.8 Å². The molecular formula is C49H40N4.